The number of halogens is 3. The van der Waals surface area contributed by atoms with Gasteiger partial charge in [-0.2, -0.15) is 5.10 Å². The van der Waals surface area contributed by atoms with E-state index < -0.39 is 11.6 Å². The quantitative estimate of drug-likeness (QED) is 0.286. The summed E-state index contributed by atoms with van der Waals surface area (Å²) in [5, 5.41) is 10.5. The molecule has 1 heterocycles. The summed E-state index contributed by atoms with van der Waals surface area (Å²) in [5.74, 6) is -0.389. The predicted molar refractivity (Wildman–Crippen MR) is 121 cm³/mol. The summed E-state index contributed by atoms with van der Waals surface area (Å²) in [5.41, 5.74) is 2.39. The molecule has 5 nitrogen and oxygen atoms in total. The summed E-state index contributed by atoms with van der Waals surface area (Å²) in [6.07, 6.45) is 3.73. The van der Waals surface area contributed by atoms with Crippen molar-refractivity contribution in [1.82, 2.24) is 20.4 Å². The molecule has 0 unspecified atom stereocenters. The standard InChI is InChI=1S/C21H23F2N5.HI/c1-2-24-21(26-13-18-10-19(22)8-9-20(18)23)25-11-17-12-27-28(15-17)14-16-6-4-3-5-7-16;/h3-10,12,15H,2,11,13-14H2,1H3,(H2,24,25,26);1H. The molecule has 2 N–H and O–H groups in total. The van der Waals surface area contributed by atoms with Crippen LogP contribution in [0.4, 0.5) is 8.78 Å². The molecule has 0 aliphatic rings. The number of benzene rings is 2. The lowest BCUT2D eigenvalue weighted by Crippen LogP contribution is -2.37. The first-order valence-corrected chi connectivity index (χ1v) is 9.15. The number of hydrogen-bond acceptors (Lipinski definition) is 2. The summed E-state index contributed by atoms with van der Waals surface area (Å²) in [6, 6.07) is 13.5. The van der Waals surface area contributed by atoms with E-state index in [1.54, 1.807) is 6.20 Å². The van der Waals surface area contributed by atoms with Crippen LogP contribution in [0.3, 0.4) is 0 Å². The lowest BCUT2D eigenvalue weighted by atomic mass is 10.2. The van der Waals surface area contributed by atoms with Crippen LogP contribution in [-0.2, 0) is 19.6 Å². The number of aliphatic imine (C=N–C) groups is 1. The van der Waals surface area contributed by atoms with Crippen molar-refractivity contribution in [1.29, 1.82) is 0 Å². The minimum Gasteiger partial charge on any atom is -0.357 e. The van der Waals surface area contributed by atoms with Gasteiger partial charge in [0.1, 0.15) is 11.6 Å². The van der Waals surface area contributed by atoms with Crippen molar-refractivity contribution >= 4 is 29.9 Å². The first-order valence-electron chi connectivity index (χ1n) is 9.15. The Morgan fingerprint density at radius 2 is 1.86 bits per heavy atom. The largest absolute Gasteiger partial charge is 0.357 e. The van der Waals surface area contributed by atoms with E-state index in [4.69, 9.17) is 0 Å². The Balaban J connectivity index is 0.00000300. The van der Waals surface area contributed by atoms with E-state index in [2.05, 4.69) is 32.9 Å². The van der Waals surface area contributed by atoms with Gasteiger partial charge in [0.25, 0.3) is 0 Å². The number of nitrogens with one attached hydrogen (secondary N) is 2. The molecule has 154 valence electrons. The molecule has 2 aromatic carbocycles. The van der Waals surface area contributed by atoms with E-state index in [1.165, 1.54) is 11.6 Å². The molecule has 0 bridgehead atoms. The van der Waals surface area contributed by atoms with Crippen molar-refractivity contribution in [3.63, 3.8) is 0 Å². The fraction of sp³-hybridized carbons (Fsp3) is 0.238. The molecule has 0 saturated heterocycles. The molecular formula is C21H24F2IN5. The van der Waals surface area contributed by atoms with Crippen molar-refractivity contribution in [3.05, 3.63) is 89.2 Å². The second-order valence-corrected chi connectivity index (χ2v) is 6.32. The monoisotopic (exact) mass is 511 g/mol. The third-order valence-electron chi connectivity index (χ3n) is 4.09. The Morgan fingerprint density at radius 1 is 1.07 bits per heavy atom. The topological polar surface area (TPSA) is 54.2 Å². The van der Waals surface area contributed by atoms with Crippen LogP contribution in [-0.4, -0.2) is 22.3 Å². The van der Waals surface area contributed by atoms with Gasteiger partial charge in [0, 0.05) is 30.4 Å². The minimum absolute atomic E-state index is 0. The van der Waals surface area contributed by atoms with Gasteiger partial charge >= 0.3 is 0 Å². The molecule has 29 heavy (non-hydrogen) atoms. The van der Waals surface area contributed by atoms with Crippen LogP contribution in [0.5, 0.6) is 0 Å². The van der Waals surface area contributed by atoms with Crippen LogP contribution >= 0.6 is 24.0 Å². The van der Waals surface area contributed by atoms with E-state index >= 15 is 0 Å². The Morgan fingerprint density at radius 3 is 2.62 bits per heavy atom. The normalized spacial score (nSPS) is 11.1. The maximum absolute atomic E-state index is 13.8. The van der Waals surface area contributed by atoms with Crippen molar-refractivity contribution in [2.24, 2.45) is 4.99 Å². The molecular weight excluding hydrogens is 487 g/mol. The molecule has 0 aliphatic carbocycles. The molecule has 1 aromatic heterocycles. The van der Waals surface area contributed by atoms with E-state index in [9.17, 15) is 8.78 Å². The SMILES string of the molecule is CCNC(=NCc1cnn(Cc2ccccc2)c1)NCc1cc(F)ccc1F.I. The number of hydrogen-bond donors (Lipinski definition) is 2. The van der Waals surface area contributed by atoms with Crippen LogP contribution < -0.4 is 10.6 Å². The molecule has 3 rings (SSSR count). The van der Waals surface area contributed by atoms with Crippen LogP contribution in [0.2, 0.25) is 0 Å². The Kier molecular flexibility index (Phi) is 9.04. The Labute approximate surface area is 186 Å². The average Bonchev–Trinajstić information content (AvgIpc) is 3.14. The molecule has 0 atom stereocenters. The van der Waals surface area contributed by atoms with Gasteiger partial charge in [-0.3, -0.25) is 4.68 Å². The maximum atomic E-state index is 13.8. The molecule has 0 fully saturated rings. The first-order chi connectivity index (χ1) is 13.6. The first kappa shape index (κ1) is 22.8. The summed E-state index contributed by atoms with van der Waals surface area (Å²) in [7, 11) is 0. The van der Waals surface area contributed by atoms with Crippen LogP contribution in [0.25, 0.3) is 0 Å². The number of nitrogens with zero attached hydrogens (tertiary/aromatic N) is 3. The average molecular weight is 511 g/mol. The molecule has 0 spiro atoms. The minimum atomic E-state index is -0.467. The lowest BCUT2D eigenvalue weighted by Gasteiger charge is -2.11. The number of guanidine groups is 1. The predicted octanol–water partition coefficient (Wildman–Crippen LogP) is 4.08. The van der Waals surface area contributed by atoms with Gasteiger partial charge < -0.3 is 10.6 Å². The fourth-order valence-corrected chi connectivity index (χ4v) is 2.71. The molecule has 0 amide bonds. The smallest absolute Gasteiger partial charge is 0.191 e. The highest BCUT2D eigenvalue weighted by Gasteiger charge is 2.06. The Bertz CT molecular complexity index is 928. The van der Waals surface area contributed by atoms with Gasteiger partial charge in [-0.05, 0) is 30.7 Å². The number of aromatic nitrogens is 2. The fourth-order valence-electron chi connectivity index (χ4n) is 2.71. The number of rotatable bonds is 7. The van der Waals surface area contributed by atoms with Gasteiger partial charge in [-0.15, -0.1) is 24.0 Å². The Hall–Kier alpha value is -2.49. The third-order valence-corrected chi connectivity index (χ3v) is 4.09. The molecule has 0 saturated carbocycles. The van der Waals surface area contributed by atoms with Crippen LogP contribution in [0.1, 0.15) is 23.6 Å². The lowest BCUT2D eigenvalue weighted by molar-refractivity contribution is 0.581. The highest BCUT2D eigenvalue weighted by molar-refractivity contribution is 14.0. The highest BCUT2D eigenvalue weighted by atomic mass is 127. The summed E-state index contributed by atoms with van der Waals surface area (Å²) in [4.78, 5) is 4.50. The maximum Gasteiger partial charge on any atom is 0.191 e. The van der Waals surface area contributed by atoms with Crippen molar-refractivity contribution < 1.29 is 8.78 Å². The van der Waals surface area contributed by atoms with E-state index in [0.29, 0.717) is 25.6 Å². The molecule has 0 aliphatic heterocycles. The third kappa shape index (κ3) is 7.12. The van der Waals surface area contributed by atoms with Crippen molar-refractivity contribution in [2.45, 2.75) is 26.6 Å². The summed E-state index contributed by atoms with van der Waals surface area (Å²) >= 11 is 0. The zero-order chi connectivity index (χ0) is 19.8. The van der Waals surface area contributed by atoms with Crippen molar-refractivity contribution in [2.75, 3.05) is 6.54 Å². The van der Waals surface area contributed by atoms with E-state index in [1.807, 2.05) is 36.0 Å². The summed E-state index contributed by atoms with van der Waals surface area (Å²) in [6.45, 7) is 3.86. The molecule has 8 heteroatoms. The van der Waals surface area contributed by atoms with E-state index in [0.717, 1.165) is 17.7 Å². The van der Waals surface area contributed by atoms with Crippen LogP contribution in [0, 0.1) is 11.6 Å². The van der Waals surface area contributed by atoms with Gasteiger partial charge in [0.15, 0.2) is 5.96 Å². The van der Waals surface area contributed by atoms with E-state index in [-0.39, 0.29) is 36.1 Å². The summed E-state index contributed by atoms with van der Waals surface area (Å²) < 4.78 is 28.9. The highest BCUT2D eigenvalue weighted by Crippen LogP contribution is 2.09. The van der Waals surface area contributed by atoms with Gasteiger partial charge in [-0.25, -0.2) is 13.8 Å². The van der Waals surface area contributed by atoms with Gasteiger partial charge in [0.2, 0.25) is 0 Å². The molecule has 3 aromatic rings. The van der Waals surface area contributed by atoms with Crippen molar-refractivity contribution in [3.8, 4) is 0 Å². The van der Waals surface area contributed by atoms with Gasteiger partial charge in [0.05, 0.1) is 19.3 Å². The second kappa shape index (κ2) is 11.5. The zero-order valence-electron chi connectivity index (χ0n) is 16.1. The molecule has 0 radical (unpaired) electrons. The second-order valence-electron chi connectivity index (χ2n) is 6.32. The zero-order valence-corrected chi connectivity index (χ0v) is 18.4. The van der Waals surface area contributed by atoms with Gasteiger partial charge in [-0.1, -0.05) is 30.3 Å². The van der Waals surface area contributed by atoms with Crippen LogP contribution in [0.15, 0.2) is 65.9 Å².